The first-order chi connectivity index (χ1) is 13.0. The maximum absolute atomic E-state index is 12.1. The van der Waals surface area contributed by atoms with Crippen molar-refractivity contribution < 1.29 is 9.52 Å². The molecule has 3 rings (SSSR count). The molecule has 0 bridgehead atoms. The molecule has 2 N–H and O–H groups in total. The highest BCUT2D eigenvalue weighted by Gasteiger charge is 2.14. The van der Waals surface area contributed by atoms with Gasteiger partial charge in [0.15, 0.2) is 0 Å². The van der Waals surface area contributed by atoms with Crippen molar-refractivity contribution in [3.8, 4) is 5.88 Å². The summed E-state index contributed by atoms with van der Waals surface area (Å²) in [6.07, 6.45) is 3.77. The number of benzene rings is 1. The zero-order valence-electron chi connectivity index (χ0n) is 15.2. The molecule has 0 saturated heterocycles. The molecule has 1 aromatic carbocycles. The average Bonchev–Trinajstić information content (AvgIpc) is 3.18. The summed E-state index contributed by atoms with van der Waals surface area (Å²) in [6.45, 7) is 4.28. The normalized spacial score (nSPS) is 12.5. The number of rotatable bonds is 6. The van der Waals surface area contributed by atoms with E-state index in [1.807, 2.05) is 24.3 Å². The van der Waals surface area contributed by atoms with E-state index in [2.05, 4.69) is 23.8 Å². The van der Waals surface area contributed by atoms with E-state index in [1.54, 1.807) is 12.1 Å². The lowest BCUT2D eigenvalue weighted by atomic mass is 9.99. The molecule has 0 aliphatic heterocycles. The highest BCUT2D eigenvalue weighted by atomic mass is 16.3. The second-order valence-corrected chi connectivity index (χ2v) is 6.32. The molecule has 0 fully saturated rings. The van der Waals surface area contributed by atoms with E-state index in [1.165, 1.54) is 18.0 Å². The van der Waals surface area contributed by atoms with Crippen LogP contribution in [0.4, 0.5) is 5.69 Å². The monoisotopic (exact) mass is 367 g/mol. The number of aromatic hydroxyl groups is 1. The minimum absolute atomic E-state index is 0.00110. The number of hydrogen-bond donors (Lipinski definition) is 2. The standard InChI is InChI=1S/C20H21N3O4/c1-3-13(2)14-6-8-15(9-7-14)21-11-17-18(24)22-20(26)23(19(17)25)12-16-5-4-10-27-16/h4-11,13,25H,3,12H2,1-2H3,(H,22,24,26). The molecule has 7 nitrogen and oxygen atoms in total. The molecule has 27 heavy (non-hydrogen) atoms. The van der Waals surface area contributed by atoms with Crippen LogP contribution in [-0.4, -0.2) is 20.9 Å². The zero-order chi connectivity index (χ0) is 19.4. The summed E-state index contributed by atoms with van der Waals surface area (Å²) in [4.78, 5) is 30.5. The molecule has 7 heteroatoms. The maximum atomic E-state index is 12.1. The third kappa shape index (κ3) is 4.08. The molecule has 2 heterocycles. The lowest BCUT2D eigenvalue weighted by molar-refractivity contribution is 0.392. The van der Waals surface area contributed by atoms with Gasteiger partial charge in [-0.1, -0.05) is 26.0 Å². The minimum atomic E-state index is -0.719. The molecular formula is C20H21N3O4. The van der Waals surface area contributed by atoms with Crippen LogP contribution in [0, 0.1) is 0 Å². The van der Waals surface area contributed by atoms with Crippen molar-refractivity contribution in [2.75, 3.05) is 0 Å². The van der Waals surface area contributed by atoms with Crippen LogP contribution >= 0.6 is 0 Å². The van der Waals surface area contributed by atoms with Crippen LogP contribution in [0.2, 0.25) is 0 Å². The summed E-state index contributed by atoms with van der Waals surface area (Å²) in [5.41, 5.74) is 0.345. The van der Waals surface area contributed by atoms with Gasteiger partial charge in [0.05, 0.1) is 18.5 Å². The third-order valence-electron chi connectivity index (χ3n) is 4.52. The van der Waals surface area contributed by atoms with Crippen LogP contribution in [-0.2, 0) is 6.54 Å². The number of aromatic amines is 1. The predicted octanol–water partition coefficient (Wildman–Crippen LogP) is 3.15. The van der Waals surface area contributed by atoms with Crippen LogP contribution in [0.1, 0.15) is 43.1 Å². The van der Waals surface area contributed by atoms with Crippen molar-refractivity contribution in [1.82, 2.24) is 9.55 Å². The van der Waals surface area contributed by atoms with E-state index in [4.69, 9.17) is 4.42 Å². The van der Waals surface area contributed by atoms with E-state index < -0.39 is 17.1 Å². The van der Waals surface area contributed by atoms with Gasteiger partial charge in [0.25, 0.3) is 5.56 Å². The number of H-pyrrole nitrogens is 1. The molecule has 0 aliphatic carbocycles. The molecule has 0 radical (unpaired) electrons. The predicted molar refractivity (Wildman–Crippen MR) is 103 cm³/mol. The Kier molecular flexibility index (Phi) is 5.40. The van der Waals surface area contributed by atoms with E-state index >= 15 is 0 Å². The lowest BCUT2D eigenvalue weighted by Crippen LogP contribution is -2.32. The van der Waals surface area contributed by atoms with Gasteiger partial charge in [-0.3, -0.25) is 19.3 Å². The summed E-state index contributed by atoms with van der Waals surface area (Å²) < 4.78 is 6.21. The quantitative estimate of drug-likeness (QED) is 0.654. The van der Waals surface area contributed by atoms with Crippen LogP contribution in [0.25, 0.3) is 0 Å². The number of aromatic nitrogens is 2. The van der Waals surface area contributed by atoms with Gasteiger partial charge in [-0.15, -0.1) is 0 Å². The molecule has 3 aromatic rings. The number of aliphatic imine (C=N–C) groups is 1. The number of nitrogens with one attached hydrogen (secondary N) is 1. The summed E-state index contributed by atoms with van der Waals surface area (Å²) in [7, 11) is 0. The van der Waals surface area contributed by atoms with Crippen LogP contribution in [0.5, 0.6) is 5.88 Å². The molecule has 140 valence electrons. The van der Waals surface area contributed by atoms with E-state index in [9.17, 15) is 14.7 Å². The van der Waals surface area contributed by atoms with Gasteiger partial charge in [-0.25, -0.2) is 4.79 Å². The Balaban J connectivity index is 1.91. The largest absolute Gasteiger partial charge is 0.494 e. The summed E-state index contributed by atoms with van der Waals surface area (Å²) >= 11 is 0. The Labute approximate surface area is 155 Å². The molecule has 1 unspecified atom stereocenters. The van der Waals surface area contributed by atoms with Gasteiger partial charge >= 0.3 is 5.69 Å². The van der Waals surface area contributed by atoms with Crippen molar-refractivity contribution in [2.45, 2.75) is 32.7 Å². The van der Waals surface area contributed by atoms with Crippen molar-refractivity contribution in [2.24, 2.45) is 4.99 Å². The first kappa shape index (κ1) is 18.4. The fraction of sp³-hybridized carbons (Fsp3) is 0.250. The van der Waals surface area contributed by atoms with E-state index in [-0.39, 0.29) is 12.1 Å². The van der Waals surface area contributed by atoms with Crippen molar-refractivity contribution >= 4 is 11.9 Å². The van der Waals surface area contributed by atoms with Crippen molar-refractivity contribution in [3.63, 3.8) is 0 Å². The van der Waals surface area contributed by atoms with Gasteiger partial charge in [0.1, 0.15) is 11.3 Å². The number of nitrogens with zero attached hydrogens (tertiary/aromatic N) is 2. The molecular weight excluding hydrogens is 346 g/mol. The molecule has 2 aromatic heterocycles. The van der Waals surface area contributed by atoms with Crippen LogP contribution < -0.4 is 11.2 Å². The Morgan fingerprint density at radius 2 is 2.00 bits per heavy atom. The fourth-order valence-corrected chi connectivity index (χ4v) is 2.66. The minimum Gasteiger partial charge on any atom is -0.494 e. The Hall–Kier alpha value is -3.35. The third-order valence-corrected chi connectivity index (χ3v) is 4.52. The second-order valence-electron chi connectivity index (χ2n) is 6.32. The summed E-state index contributed by atoms with van der Waals surface area (Å²) in [5, 5.41) is 10.4. The molecule has 0 saturated carbocycles. The Morgan fingerprint density at radius 3 is 2.63 bits per heavy atom. The van der Waals surface area contributed by atoms with Crippen molar-refractivity contribution in [3.05, 3.63) is 80.4 Å². The maximum Gasteiger partial charge on any atom is 0.331 e. The first-order valence-electron chi connectivity index (χ1n) is 8.72. The van der Waals surface area contributed by atoms with Gasteiger partial charge in [-0.05, 0) is 42.2 Å². The molecule has 0 amide bonds. The Morgan fingerprint density at radius 1 is 1.26 bits per heavy atom. The first-order valence-corrected chi connectivity index (χ1v) is 8.72. The van der Waals surface area contributed by atoms with Gasteiger partial charge in [0, 0.05) is 6.21 Å². The average molecular weight is 367 g/mol. The molecule has 0 spiro atoms. The Bertz CT molecular complexity index is 1040. The van der Waals surface area contributed by atoms with Gasteiger partial charge in [0.2, 0.25) is 5.88 Å². The van der Waals surface area contributed by atoms with Crippen LogP contribution in [0.15, 0.2) is 61.7 Å². The van der Waals surface area contributed by atoms with E-state index in [0.29, 0.717) is 17.4 Å². The summed E-state index contributed by atoms with van der Waals surface area (Å²) in [6, 6.07) is 11.0. The van der Waals surface area contributed by atoms with E-state index in [0.717, 1.165) is 11.0 Å². The summed E-state index contributed by atoms with van der Waals surface area (Å²) in [5.74, 6) is 0.475. The highest BCUT2D eigenvalue weighted by molar-refractivity contribution is 5.84. The van der Waals surface area contributed by atoms with Crippen LogP contribution in [0.3, 0.4) is 0 Å². The fourth-order valence-electron chi connectivity index (χ4n) is 2.66. The topological polar surface area (TPSA) is 101 Å². The zero-order valence-corrected chi connectivity index (χ0v) is 15.2. The number of furan rings is 1. The number of hydrogen-bond acceptors (Lipinski definition) is 5. The van der Waals surface area contributed by atoms with Gasteiger partial charge in [-0.2, -0.15) is 0 Å². The highest BCUT2D eigenvalue weighted by Crippen LogP contribution is 2.22. The van der Waals surface area contributed by atoms with Crippen molar-refractivity contribution in [1.29, 1.82) is 0 Å². The smallest absolute Gasteiger partial charge is 0.331 e. The van der Waals surface area contributed by atoms with Gasteiger partial charge < -0.3 is 9.52 Å². The molecule has 0 aliphatic rings. The second kappa shape index (κ2) is 7.90. The molecule has 1 atom stereocenters. The lowest BCUT2D eigenvalue weighted by Gasteiger charge is -2.09. The SMILES string of the molecule is CCC(C)c1ccc(N=Cc2c(O)n(Cc3ccco3)c(=O)[nH]c2=O)cc1.